The van der Waals surface area contributed by atoms with Gasteiger partial charge in [0.05, 0.1) is 19.3 Å². The molecule has 2 N–H and O–H groups in total. The summed E-state index contributed by atoms with van der Waals surface area (Å²) in [6.45, 7) is 3.99. The summed E-state index contributed by atoms with van der Waals surface area (Å²) in [6, 6.07) is 8.11. The fourth-order valence-electron chi connectivity index (χ4n) is 2.44. The Bertz CT molecular complexity index is 600. The average Bonchev–Trinajstić information content (AvgIpc) is 2.97. The monoisotopic (exact) mass is 319 g/mol. The Kier molecular flexibility index (Phi) is 4.97. The summed E-state index contributed by atoms with van der Waals surface area (Å²) in [5.41, 5.74) is 2.09. The Morgan fingerprint density at radius 2 is 2.00 bits per heavy atom. The number of thiophene rings is 1. The summed E-state index contributed by atoms with van der Waals surface area (Å²) in [5.74, 6) is 1.62. The lowest BCUT2D eigenvalue weighted by molar-refractivity contribution is 0.171. The maximum atomic E-state index is 10.1. The van der Waals surface area contributed by atoms with E-state index in [4.69, 9.17) is 9.47 Å². The summed E-state index contributed by atoms with van der Waals surface area (Å²) in [5, 5.41) is 17.5. The molecule has 0 aliphatic carbocycles. The van der Waals surface area contributed by atoms with Crippen molar-refractivity contribution >= 4 is 11.3 Å². The minimum Gasteiger partial charge on any atom is -0.490 e. The zero-order chi connectivity index (χ0) is 15.4. The van der Waals surface area contributed by atoms with Gasteiger partial charge in [0.25, 0.3) is 0 Å². The molecule has 0 radical (unpaired) electrons. The third-order valence-electron chi connectivity index (χ3n) is 3.82. The van der Waals surface area contributed by atoms with Gasteiger partial charge in [0, 0.05) is 19.0 Å². The fraction of sp³-hybridized carbons (Fsp3) is 0.412. The summed E-state index contributed by atoms with van der Waals surface area (Å²) >= 11 is 1.60. The number of fused-ring (bicyclic) bond motifs is 1. The van der Waals surface area contributed by atoms with Gasteiger partial charge in [0.2, 0.25) is 0 Å². The Morgan fingerprint density at radius 3 is 2.77 bits per heavy atom. The normalized spacial score (nSPS) is 16.8. The fourth-order valence-corrected chi connectivity index (χ4v) is 3.14. The number of aliphatic hydroxyl groups is 1. The molecular formula is C17H21NO3S. The maximum absolute atomic E-state index is 10.1. The number of benzene rings is 1. The predicted molar refractivity (Wildman–Crippen MR) is 87.7 cm³/mol. The maximum Gasteiger partial charge on any atom is 0.161 e. The van der Waals surface area contributed by atoms with Crippen molar-refractivity contribution < 1.29 is 14.6 Å². The molecular weight excluding hydrogens is 298 g/mol. The Hall–Kier alpha value is -1.56. The average molecular weight is 319 g/mol. The van der Waals surface area contributed by atoms with Crippen LogP contribution >= 0.6 is 11.3 Å². The molecule has 2 heterocycles. The molecule has 2 aromatic rings. The van der Waals surface area contributed by atoms with E-state index < -0.39 is 6.10 Å². The van der Waals surface area contributed by atoms with Crippen LogP contribution in [0.15, 0.2) is 35.0 Å². The third kappa shape index (κ3) is 3.61. The minimum absolute atomic E-state index is 0.130. The molecule has 1 aliphatic rings. The van der Waals surface area contributed by atoms with E-state index >= 15 is 0 Å². The van der Waals surface area contributed by atoms with Crippen molar-refractivity contribution in [3.63, 3.8) is 0 Å². The lowest BCUT2D eigenvalue weighted by Crippen LogP contribution is -2.24. The first-order chi connectivity index (χ1) is 10.7. The second-order valence-corrected chi connectivity index (χ2v) is 6.24. The second kappa shape index (κ2) is 7.13. The van der Waals surface area contributed by atoms with E-state index in [0.717, 1.165) is 29.0 Å². The van der Waals surface area contributed by atoms with Crippen molar-refractivity contribution in [2.45, 2.75) is 25.5 Å². The molecule has 0 saturated carbocycles. The standard InChI is InChI=1S/C17H21NO3S/c1-12(18-10-15(19)14-5-8-22-11-14)13-3-4-16-17(9-13)21-7-2-6-20-16/h3-5,8-9,11-12,15,18-19H,2,6-7,10H2,1H3. The Morgan fingerprint density at radius 1 is 1.18 bits per heavy atom. The van der Waals surface area contributed by atoms with Crippen LogP contribution in [0, 0.1) is 0 Å². The molecule has 0 saturated heterocycles. The highest BCUT2D eigenvalue weighted by molar-refractivity contribution is 7.07. The number of aliphatic hydroxyl groups excluding tert-OH is 1. The molecule has 2 atom stereocenters. The summed E-state index contributed by atoms with van der Waals surface area (Å²) in [6.07, 6.45) is 0.430. The topological polar surface area (TPSA) is 50.7 Å². The van der Waals surface area contributed by atoms with Crippen LogP contribution in [0.5, 0.6) is 11.5 Å². The largest absolute Gasteiger partial charge is 0.490 e. The van der Waals surface area contributed by atoms with Gasteiger partial charge in [-0.2, -0.15) is 11.3 Å². The van der Waals surface area contributed by atoms with Crippen molar-refractivity contribution in [3.8, 4) is 11.5 Å². The van der Waals surface area contributed by atoms with E-state index in [0.29, 0.717) is 19.8 Å². The van der Waals surface area contributed by atoms with Gasteiger partial charge in [-0.05, 0) is 47.0 Å². The summed E-state index contributed by atoms with van der Waals surface area (Å²) in [7, 11) is 0. The molecule has 4 nitrogen and oxygen atoms in total. The molecule has 2 unspecified atom stereocenters. The number of rotatable bonds is 5. The first-order valence-corrected chi connectivity index (χ1v) is 8.51. The van der Waals surface area contributed by atoms with Crippen LogP contribution in [-0.2, 0) is 0 Å². The zero-order valence-electron chi connectivity index (χ0n) is 12.6. The van der Waals surface area contributed by atoms with E-state index in [2.05, 4.69) is 12.2 Å². The van der Waals surface area contributed by atoms with Crippen molar-refractivity contribution in [1.82, 2.24) is 5.32 Å². The van der Waals surface area contributed by atoms with Crippen molar-refractivity contribution in [2.24, 2.45) is 0 Å². The van der Waals surface area contributed by atoms with E-state index in [1.807, 2.05) is 35.0 Å². The van der Waals surface area contributed by atoms with Gasteiger partial charge in [-0.25, -0.2) is 0 Å². The molecule has 0 fully saturated rings. The van der Waals surface area contributed by atoms with Gasteiger partial charge in [-0.3, -0.25) is 0 Å². The second-order valence-electron chi connectivity index (χ2n) is 5.46. The van der Waals surface area contributed by atoms with Gasteiger partial charge in [-0.15, -0.1) is 0 Å². The summed E-state index contributed by atoms with van der Waals surface area (Å²) < 4.78 is 11.4. The molecule has 1 aliphatic heterocycles. The van der Waals surface area contributed by atoms with Crippen LogP contribution < -0.4 is 14.8 Å². The van der Waals surface area contributed by atoms with Crippen molar-refractivity contribution in [2.75, 3.05) is 19.8 Å². The lowest BCUT2D eigenvalue weighted by atomic mass is 10.1. The van der Waals surface area contributed by atoms with E-state index in [1.54, 1.807) is 11.3 Å². The van der Waals surface area contributed by atoms with E-state index in [-0.39, 0.29) is 6.04 Å². The highest BCUT2D eigenvalue weighted by atomic mass is 32.1. The lowest BCUT2D eigenvalue weighted by Gasteiger charge is -2.18. The van der Waals surface area contributed by atoms with Crippen LogP contribution in [0.4, 0.5) is 0 Å². The van der Waals surface area contributed by atoms with Gasteiger partial charge >= 0.3 is 0 Å². The molecule has 0 bridgehead atoms. The zero-order valence-corrected chi connectivity index (χ0v) is 13.4. The van der Waals surface area contributed by atoms with E-state index in [1.165, 1.54) is 0 Å². The van der Waals surface area contributed by atoms with Crippen LogP contribution in [-0.4, -0.2) is 24.9 Å². The first-order valence-electron chi connectivity index (χ1n) is 7.57. The third-order valence-corrected chi connectivity index (χ3v) is 4.52. The van der Waals surface area contributed by atoms with Gasteiger partial charge in [0.1, 0.15) is 0 Å². The molecule has 0 spiro atoms. The van der Waals surface area contributed by atoms with Crippen LogP contribution in [0.2, 0.25) is 0 Å². The van der Waals surface area contributed by atoms with Gasteiger partial charge < -0.3 is 19.9 Å². The van der Waals surface area contributed by atoms with Gasteiger partial charge in [0.15, 0.2) is 11.5 Å². The molecule has 118 valence electrons. The number of nitrogens with one attached hydrogen (secondary N) is 1. The smallest absolute Gasteiger partial charge is 0.161 e. The molecule has 5 heteroatoms. The van der Waals surface area contributed by atoms with E-state index in [9.17, 15) is 5.11 Å². The quantitative estimate of drug-likeness (QED) is 0.888. The Labute approximate surface area is 134 Å². The van der Waals surface area contributed by atoms with Crippen LogP contribution in [0.25, 0.3) is 0 Å². The molecule has 0 amide bonds. The molecule has 3 rings (SSSR count). The van der Waals surface area contributed by atoms with Crippen LogP contribution in [0.3, 0.4) is 0 Å². The van der Waals surface area contributed by atoms with Gasteiger partial charge in [-0.1, -0.05) is 6.07 Å². The Balaban J connectivity index is 1.62. The molecule has 1 aromatic heterocycles. The first kappa shape index (κ1) is 15.3. The molecule has 1 aromatic carbocycles. The number of hydrogen-bond acceptors (Lipinski definition) is 5. The number of hydrogen-bond donors (Lipinski definition) is 2. The van der Waals surface area contributed by atoms with Crippen LogP contribution in [0.1, 0.15) is 36.6 Å². The SMILES string of the molecule is CC(NCC(O)c1ccsc1)c1ccc2c(c1)OCCCO2. The minimum atomic E-state index is -0.478. The highest BCUT2D eigenvalue weighted by Crippen LogP contribution is 2.32. The molecule has 22 heavy (non-hydrogen) atoms. The predicted octanol–water partition coefficient (Wildman–Crippen LogP) is 3.29. The van der Waals surface area contributed by atoms with Crippen molar-refractivity contribution in [3.05, 3.63) is 46.2 Å². The van der Waals surface area contributed by atoms with Crippen molar-refractivity contribution in [1.29, 1.82) is 0 Å². The summed E-state index contributed by atoms with van der Waals surface area (Å²) in [4.78, 5) is 0. The number of ether oxygens (including phenoxy) is 2. The highest BCUT2D eigenvalue weighted by Gasteiger charge is 2.15.